The number of fused-ring (bicyclic) bond motifs is 1. The number of sulfonamides is 1. The number of hydrogen-bond acceptors (Lipinski definition) is 7. The van der Waals surface area contributed by atoms with Gasteiger partial charge in [0, 0.05) is 6.07 Å². The van der Waals surface area contributed by atoms with E-state index in [0.717, 1.165) is 6.07 Å². The minimum Gasteiger partial charge on any atom is -0.482 e. The summed E-state index contributed by atoms with van der Waals surface area (Å²) in [5.74, 6) is -3.45. The molecule has 0 radical (unpaired) electrons. The van der Waals surface area contributed by atoms with Crippen molar-refractivity contribution < 1.29 is 37.4 Å². The average Bonchev–Trinajstić information content (AvgIpc) is 2.89. The molecule has 1 aliphatic heterocycles. The fourth-order valence-corrected chi connectivity index (χ4v) is 5.11. The van der Waals surface area contributed by atoms with Crippen molar-refractivity contribution in [2.45, 2.75) is 24.7 Å². The second kappa shape index (κ2) is 8.97. The molecule has 0 saturated heterocycles. The molecule has 1 N–H and O–H groups in total. The van der Waals surface area contributed by atoms with Gasteiger partial charge in [-0.05, 0) is 29.7 Å². The van der Waals surface area contributed by atoms with Crippen LogP contribution in [0.5, 0.6) is 5.75 Å². The molecule has 0 aliphatic carbocycles. The molecule has 0 aromatic heterocycles. The van der Waals surface area contributed by atoms with Crippen molar-refractivity contribution in [1.29, 1.82) is 0 Å². The maximum absolute atomic E-state index is 13.0. The van der Waals surface area contributed by atoms with E-state index in [0.29, 0.717) is 9.87 Å². The largest absolute Gasteiger partial charge is 0.482 e. The number of hydrogen-bond donors (Lipinski definition) is 1. The highest BCUT2D eigenvalue weighted by Crippen LogP contribution is 2.38. The summed E-state index contributed by atoms with van der Waals surface area (Å²) in [6.07, 6.45) is 0. The zero-order chi connectivity index (χ0) is 23.8. The van der Waals surface area contributed by atoms with Gasteiger partial charge >= 0.3 is 11.9 Å². The van der Waals surface area contributed by atoms with Crippen LogP contribution in [0.25, 0.3) is 0 Å². The van der Waals surface area contributed by atoms with Crippen LogP contribution in [0.3, 0.4) is 0 Å². The minimum absolute atomic E-state index is 0.00343. The van der Waals surface area contributed by atoms with Gasteiger partial charge in [-0.1, -0.05) is 43.1 Å². The molecule has 3 rings (SSSR count). The summed E-state index contributed by atoms with van der Waals surface area (Å²) in [7, 11) is -4.40. The SMILES string of the molecule is CC(C)c1cc(OCC(=O)O)cc2c1C(=O)N(COC(=O)c1c(Cl)cccc1Cl)S2(=O)=O. The van der Waals surface area contributed by atoms with Crippen molar-refractivity contribution in [1.82, 2.24) is 4.31 Å². The van der Waals surface area contributed by atoms with Gasteiger partial charge in [-0.2, -0.15) is 4.31 Å². The van der Waals surface area contributed by atoms with E-state index in [1.807, 2.05) is 0 Å². The maximum Gasteiger partial charge on any atom is 0.342 e. The van der Waals surface area contributed by atoms with Gasteiger partial charge < -0.3 is 14.6 Å². The number of carboxylic acid groups (broad SMARTS) is 1. The summed E-state index contributed by atoms with van der Waals surface area (Å²) in [5, 5.41) is 8.82. The fraction of sp³-hybridized carbons (Fsp3) is 0.250. The van der Waals surface area contributed by atoms with Gasteiger partial charge in [-0.25, -0.2) is 18.0 Å². The number of halogens is 2. The Morgan fingerprint density at radius 2 is 1.78 bits per heavy atom. The molecule has 9 nitrogen and oxygen atoms in total. The van der Waals surface area contributed by atoms with Gasteiger partial charge in [0.05, 0.1) is 21.2 Å². The van der Waals surface area contributed by atoms with E-state index in [2.05, 4.69) is 0 Å². The smallest absolute Gasteiger partial charge is 0.342 e. The molecule has 0 spiro atoms. The molecule has 1 heterocycles. The Balaban J connectivity index is 1.94. The number of carbonyl (C=O) groups excluding carboxylic acids is 2. The molecule has 0 bridgehead atoms. The number of carboxylic acids is 1. The van der Waals surface area contributed by atoms with Crippen LogP contribution in [0.15, 0.2) is 35.2 Å². The predicted molar refractivity (Wildman–Crippen MR) is 114 cm³/mol. The van der Waals surface area contributed by atoms with E-state index in [4.69, 9.17) is 37.8 Å². The third-order valence-electron chi connectivity index (χ3n) is 4.58. The molecule has 1 aliphatic rings. The Labute approximate surface area is 193 Å². The topological polar surface area (TPSA) is 127 Å². The van der Waals surface area contributed by atoms with Crippen LogP contribution in [-0.4, -0.2) is 49.0 Å². The van der Waals surface area contributed by atoms with Crippen molar-refractivity contribution in [3.8, 4) is 5.75 Å². The van der Waals surface area contributed by atoms with Crippen LogP contribution in [0.2, 0.25) is 10.0 Å². The maximum atomic E-state index is 13.0. The average molecular weight is 502 g/mol. The Hall–Kier alpha value is -2.82. The quantitative estimate of drug-likeness (QED) is 0.570. The monoisotopic (exact) mass is 501 g/mol. The third-order valence-corrected chi connectivity index (χ3v) is 6.94. The van der Waals surface area contributed by atoms with Crippen molar-refractivity contribution in [2.24, 2.45) is 0 Å². The van der Waals surface area contributed by atoms with E-state index in [1.165, 1.54) is 24.3 Å². The first-order valence-corrected chi connectivity index (χ1v) is 11.4. The lowest BCUT2D eigenvalue weighted by Crippen LogP contribution is -2.33. The molecule has 2 aromatic rings. The normalized spacial score (nSPS) is 14.4. The first-order valence-electron chi connectivity index (χ1n) is 9.16. The van der Waals surface area contributed by atoms with E-state index in [9.17, 15) is 22.8 Å². The lowest BCUT2D eigenvalue weighted by Gasteiger charge is -2.16. The summed E-state index contributed by atoms with van der Waals surface area (Å²) >= 11 is 11.9. The lowest BCUT2D eigenvalue weighted by atomic mass is 9.96. The van der Waals surface area contributed by atoms with Gasteiger partial charge in [0.2, 0.25) is 0 Å². The van der Waals surface area contributed by atoms with E-state index < -0.39 is 41.2 Å². The second-order valence-electron chi connectivity index (χ2n) is 7.04. The number of ether oxygens (including phenoxy) is 2. The fourth-order valence-electron chi connectivity index (χ4n) is 3.09. The Morgan fingerprint density at radius 1 is 1.16 bits per heavy atom. The zero-order valence-electron chi connectivity index (χ0n) is 16.8. The first-order chi connectivity index (χ1) is 14.9. The highest BCUT2D eigenvalue weighted by atomic mass is 35.5. The van der Waals surface area contributed by atoms with E-state index >= 15 is 0 Å². The molecule has 2 aromatic carbocycles. The summed E-state index contributed by atoms with van der Waals surface area (Å²) in [6.45, 7) is 1.88. The third kappa shape index (κ3) is 4.38. The molecule has 12 heteroatoms. The molecule has 0 fully saturated rings. The Kier molecular flexibility index (Phi) is 6.68. The van der Waals surface area contributed by atoms with Crippen LogP contribution in [0.4, 0.5) is 0 Å². The highest BCUT2D eigenvalue weighted by molar-refractivity contribution is 7.90. The van der Waals surface area contributed by atoms with E-state index in [1.54, 1.807) is 13.8 Å². The number of rotatable bonds is 7. The molecule has 0 saturated carbocycles. The lowest BCUT2D eigenvalue weighted by molar-refractivity contribution is -0.139. The molecule has 32 heavy (non-hydrogen) atoms. The standard InChI is InChI=1S/C20H17Cl2NO8S/c1-10(2)12-6-11(30-8-16(24)25)7-15-17(12)19(26)23(32(15,28)29)9-31-20(27)18-13(21)4-3-5-14(18)22/h3-7,10H,8-9H2,1-2H3,(H,24,25). The van der Waals surface area contributed by atoms with Gasteiger partial charge in [0.15, 0.2) is 13.3 Å². The number of benzene rings is 2. The van der Waals surface area contributed by atoms with Crippen LogP contribution in [0, 0.1) is 0 Å². The number of esters is 1. The predicted octanol–water partition coefficient (Wildman–Crippen LogP) is 3.54. The molecule has 0 atom stereocenters. The van der Waals surface area contributed by atoms with Crippen molar-refractivity contribution in [3.05, 3.63) is 57.1 Å². The minimum atomic E-state index is -4.40. The van der Waals surface area contributed by atoms with Gasteiger partial charge in [-0.3, -0.25) is 4.79 Å². The second-order valence-corrected chi connectivity index (χ2v) is 9.68. The van der Waals surface area contributed by atoms with E-state index in [-0.39, 0.29) is 37.7 Å². The molecule has 0 unspecified atom stereocenters. The van der Waals surface area contributed by atoms with Crippen LogP contribution >= 0.6 is 23.2 Å². The number of nitrogens with zero attached hydrogens (tertiary/aromatic N) is 1. The molecule has 1 amide bonds. The van der Waals surface area contributed by atoms with Gasteiger partial charge in [-0.15, -0.1) is 0 Å². The Bertz CT molecular complexity index is 1210. The molecule has 170 valence electrons. The van der Waals surface area contributed by atoms with Crippen molar-refractivity contribution >= 4 is 51.1 Å². The van der Waals surface area contributed by atoms with Crippen molar-refractivity contribution in [2.75, 3.05) is 13.3 Å². The Morgan fingerprint density at radius 3 is 2.34 bits per heavy atom. The summed E-state index contributed by atoms with van der Waals surface area (Å²) in [6, 6.07) is 6.82. The number of carbonyl (C=O) groups is 3. The molecular formula is C20H17Cl2NO8S. The zero-order valence-corrected chi connectivity index (χ0v) is 19.1. The van der Waals surface area contributed by atoms with Gasteiger partial charge in [0.1, 0.15) is 10.6 Å². The van der Waals surface area contributed by atoms with Crippen LogP contribution < -0.4 is 4.74 Å². The van der Waals surface area contributed by atoms with Crippen LogP contribution in [-0.2, 0) is 19.6 Å². The number of aliphatic carboxylic acids is 1. The number of amides is 1. The first kappa shape index (κ1) is 23.8. The summed E-state index contributed by atoms with van der Waals surface area (Å²) in [4.78, 5) is 35.8. The van der Waals surface area contributed by atoms with Crippen molar-refractivity contribution in [3.63, 3.8) is 0 Å². The van der Waals surface area contributed by atoms with Crippen LogP contribution in [0.1, 0.15) is 46.0 Å². The summed E-state index contributed by atoms with van der Waals surface area (Å²) in [5.41, 5.74) is 0.0959. The van der Waals surface area contributed by atoms with Gasteiger partial charge in [0.25, 0.3) is 15.9 Å². The highest BCUT2D eigenvalue weighted by Gasteiger charge is 2.44. The molecular weight excluding hydrogens is 485 g/mol. The summed E-state index contributed by atoms with van der Waals surface area (Å²) < 4.78 is 36.6.